The largest absolute Gasteiger partial charge is 0.440 e. The molecule has 41 heavy (non-hydrogen) atoms. The van der Waals surface area contributed by atoms with Gasteiger partial charge in [0.05, 0.1) is 0 Å². The Morgan fingerprint density at radius 3 is 2.27 bits per heavy atom. The molecule has 3 fully saturated rings. The second-order valence-electron chi connectivity index (χ2n) is 12.3. The molecule has 1 N–H and O–H groups in total. The quantitative estimate of drug-likeness (QED) is 0.187. The number of likely N-dealkylation sites (tertiary alicyclic amines) is 1. The SMILES string of the molecule is CCCCCCCCCCCCOC[C@@]12O[C@@H](CN3CCCC3)[C@@H](OC(=O)Nc3ccc(Cl)cc3)[C@@H]1OC(C)(C)O2. The van der Waals surface area contributed by atoms with E-state index in [9.17, 15) is 4.79 Å². The minimum atomic E-state index is -1.13. The van der Waals surface area contributed by atoms with Crippen LogP contribution in [0.2, 0.25) is 5.02 Å². The molecule has 4 atom stereocenters. The lowest BCUT2D eigenvalue weighted by Gasteiger charge is -2.30. The number of fused-ring (bicyclic) bond motifs is 1. The van der Waals surface area contributed by atoms with Crippen LogP contribution in [0.3, 0.4) is 0 Å². The Hall–Kier alpha value is -1.42. The van der Waals surface area contributed by atoms with Crippen LogP contribution in [0.4, 0.5) is 10.5 Å². The van der Waals surface area contributed by atoms with Crippen molar-refractivity contribution < 1.29 is 28.5 Å². The van der Waals surface area contributed by atoms with Gasteiger partial charge in [-0.3, -0.25) is 5.32 Å². The number of hydrogen-bond donors (Lipinski definition) is 1. The molecule has 1 aromatic carbocycles. The molecule has 0 spiro atoms. The third kappa shape index (κ3) is 9.80. The van der Waals surface area contributed by atoms with Crippen molar-refractivity contribution in [2.24, 2.45) is 0 Å². The van der Waals surface area contributed by atoms with Gasteiger partial charge in [-0.25, -0.2) is 4.79 Å². The van der Waals surface area contributed by atoms with E-state index < -0.39 is 36.0 Å². The zero-order valence-corrected chi connectivity index (χ0v) is 26.1. The molecule has 3 aliphatic rings. The minimum Gasteiger partial charge on any atom is -0.440 e. The van der Waals surface area contributed by atoms with Gasteiger partial charge >= 0.3 is 6.09 Å². The molecule has 0 radical (unpaired) electrons. The van der Waals surface area contributed by atoms with Crippen molar-refractivity contribution in [2.75, 3.05) is 38.2 Å². The van der Waals surface area contributed by atoms with Crippen molar-refractivity contribution in [3.63, 3.8) is 0 Å². The van der Waals surface area contributed by atoms with E-state index in [0.29, 0.717) is 23.9 Å². The number of amides is 1. The number of hydrogen-bond acceptors (Lipinski definition) is 7. The fourth-order valence-corrected chi connectivity index (χ4v) is 6.30. The number of unbranched alkanes of at least 4 members (excludes halogenated alkanes) is 9. The summed E-state index contributed by atoms with van der Waals surface area (Å²) in [5.74, 6) is -2.02. The fourth-order valence-electron chi connectivity index (χ4n) is 6.17. The minimum absolute atomic E-state index is 0.230. The summed E-state index contributed by atoms with van der Waals surface area (Å²) in [6, 6.07) is 6.92. The molecule has 1 aromatic rings. The van der Waals surface area contributed by atoms with Crippen molar-refractivity contribution in [3.8, 4) is 0 Å². The highest BCUT2D eigenvalue weighted by molar-refractivity contribution is 6.30. The number of benzene rings is 1. The maximum atomic E-state index is 13.0. The topological polar surface area (TPSA) is 78.5 Å². The molecule has 0 unspecified atom stereocenters. The summed E-state index contributed by atoms with van der Waals surface area (Å²) in [4.78, 5) is 15.4. The van der Waals surface area contributed by atoms with E-state index in [1.807, 2.05) is 13.8 Å². The molecule has 9 heteroatoms. The molecule has 232 valence electrons. The summed E-state index contributed by atoms with van der Waals surface area (Å²) in [7, 11) is 0. The van der Waals surface area contributed by atoms with Gasteiger partial charge in [-0.15, -0.1) is 0 Å². The van der Waals surface area contributed by atoms with Crippen LogP contribution in [0.1, 0.15) is 97.8 Å². The lowest BCUT2D eigenvalue weighted by Crippen LogP contribution is -2.46. The van der Waals surface area contributed by atoms with E-state index in [-0.39, 0.29) is 6.61 Å². The molecule has 1 amide bonds. The number of ether oxygens (including phenoxy) is 5. The van der Waals surface area contributed by atoms with Gasteiger partial charge in [-0.2, -0.15) is 0 Å². The average molecular weight is 595 g/mol. The number of halogens is 1. The highest BCUT2D eigenvalue weighted by atomic mass is 35.5. The van der Waals surface area contributed by atoms with Crippen LogP contribution in [-0.4, -0.2) is 73.7 Å². The van der Waals surface area contributed by atoms with Gasteiger partial charge in [0.25, 0.3) is 0 Å². The zero-order chi connectivity index (χ0) is 29.1. The average Bonchev–Trinajstić information content (AvgIpc) is 3.60. The smallest absolute Gasteiger partial charge is 0.412 e. The Morgan fingerprint density at radius 2 is 1.61 bits per heavy atom. The Bertz CT molecular complexity index is 925. The first-order valence-corrected chi connectivity index (χ1v) is 16.3. The lowest BCUT2D eigenvalue weighted by molar-refractivity contribution is -0.278. The number of rotatable bonds is 17. The molecule has 3 aliphatic heterocycles. The Labute approximate surface area is 251 Å². The molecule has 3 saturated heterocycles. The number of anilines is 1. The molecule has 0 aliphatic carbocycles. The number of carbonyl (C=O) groups is 1. The summed E-state index contributed by atoms with van der Waals surface area (Å²) in [5, 5.41) is 3.40. The van der Waals surface area contributed by atoms with Crippen molar-refractivity contribution in [1.82, 2.24) is 4.90 Å². The highest BCUT2D eigenvalue weighted by Crippen LogP contribution is 2.47. The summed E-state index contributed by atoms with van der Waals surface area (Å²) >= 11 is 5.99. The van der Waals surface area contributed by atoms with Gasteiger partial charge in [-0.1, -0.05) is 76.3 Å². The fraction of sp³-hybridized carbons (Fsp3) is 0.781. The van der Waals surface area contributed by atoms with Crippen molar-refractivity contribution in [1.29, 1.82) is 0 Å². The molecule has 0 aromatic heterocycles. The van der Waals surface area contributed by atoms with Crippen LogP contribution >= 0.6 is 11.6 Å². The zero-order valence-electron chi connectivity index (χ0n) is 25.3. The van der Waals surface area contributed by atoms with Crippen LogP contribution in [0.5, 0.6) is 0 Å². The van der Waals surface area contributed by atoms with Crippen molar-refractivity contribution in [2.45, 2.75) is 128 Å². The van der Waals surface area contributed by atoms with E-state index in [0.717, 1.165) is 38.8 Å². The highest BCUT2D eigenvalue weighted by Gasteiger charge is 2.66. The van der Waals surface area contributed by atoms with E-state index in [4.69, 9.17) is 35.3 Å². The van der Waals surface area contributed by atoms with Crippen LogP contribution in [0.15, 0.2) is 24.3 Å². The Balaban J connectivity index is 1.30. The summed E-state index contributed by atoms with van der Waals surface area (Å²) in [5.41, 5.74) is 0.601. The van der Waals surface area contributed by atoms with E-state index in [1.54, 1.807) is 24.3 Å². The maximum absolute atomic E-state index is 13.0. The second-order valence-corrected chi connectivity index (χ2v) is 12.7. The molecule has 0 saturated carbocycles. The van der Waals surface area contributed by atoms with Gasteiger partial charge in [0.2, 0.25) is 5.79 Å². The van der Waals surface area contributed by atoms with Crippen LogP contribution in [0, 0.1) is 0 Å². The van der Waals surface area contributed by atoms with Gasteiger partial charge in [0.1, 0.15) is 12.7 Å². The third-order valence-electron chi connectivity index (χ3n) is 8.19. The van der Waals surface area contributed by atoms with Crippen molar-refractivity contribution in [3.05, 3.63) is 29.3 Å². The molecule has 8 nitrogen and oxygen atoms in total. The standard InChI is InChI=1S/C32H51ClN2O6/c1-4-5-6-7-8-9-10-11-12-15-22-37-24-32-29(40-31(2,3)41-32)28(27(39-32)23-35-20-13-14-21-35)38-30(36)34-26-18-16-25(33)17-19-26/h16-19,27-29H,4-15,20-24H2,1-3H3,(H,34,36)/t27-,28+,29-,32-/m0/s1. The molecular formula is C32H51ClN2O6. The number of carbonyl (C=O) groups excluding carboxylic acids is 1. The Morgan fingerprint density at radius 1 is 0.976 bits per heavy atom. The third-order valence-corrected chi connectivity index (χ3v) is 8.45. The summed E-state index contributed by atoms with van der Waals surface area (Å²) in [6.07, 6.45) is 12.9. The predicted molar refractivity (Wildman–Crippen MR) is 161 cm³/mol. The lowest BCUT2D eigenvalue weighted by atomic mass is 10.0. The summed E-state index contributed by atoms with van der Waals surface area (Å²) < 4.78 is 31.5. The monoisotopic (exact) mass is 594 g/mol. The molecular weight excluding hydrogens is 544 g/mol. The molecule has 0 bridgehead atoms. The van der Waals surface area contributed by atoms with Gasteiger partial charge in [0, 0.05) is 23.9 Å². The Kier molecular flexibility index (Phi) is 12.6. The van der Waals surface area contributed by atoms with Gasteiger partial charge in [0.15, 0.2) is 18.0 Å². The normalized spacial score (nSPS) is 27.3. The maximum Gasteiger partial charge on any atom is 0.412 e. The first kappa shape index (κ1) is 32.5. The molecule has 4 rings (SSSR count). The first-order valence-electron chi connectivity index (χ1n) is 15.9. The summed E-state index contributed by atoms with van der Waals surface area (Å²) in [6.45, 7) is 9.49. The van der Waals surface area contributed by atoms with Crippen molar-refractivity contribution >= 4 is 23.4 Å². The first-order chi connectivity index (χ1) is 19.8. The predicted octanol–water partition coefficient (Wildman–Crippen LogP) is 7.54. The van der Waals surface area contributed by atoms with E-state index in [2.05, 4.69) is 17.1 Å². The number of nitrogens with one attached hydrogen (secondary N) is 1. The second kappa shape index (κ2) is 15.9. The van der Waals surface area contributed by atoms with Gasteiger partial charge in [-0.05, 0) is 70.5 Å². The van der Waals surface area contributed by atoms with Crippen LogP contribution < -0.4 is 5.32 Å². The van der Waals surface area contributed by atoms with Crippen LogP contribution in [-0.2, 0) is 23.7 Å². The number of nitrogens with zero attached hydrogens (tertiary/aromatic N) is 1. The van der Waals surface area contributed by atoms with Crippen LogP contribution in [0.25, 0.3) is 0 Å². The van der Waals surface area contributed by atoms with E-state index >= 15 is 0 Å². The van der Waals surface area contributed by atoms with Gasteiger partial charge < -0.3 is 28.6 Å². The molecule has 3 heterocycles. The van der Waals surface area contributed by atoms with E-state index in [1.165, 1.54) is 51.4 Å².